The molecule has 0 spiro atoms. The van der Waals surface area contributed by atoms with E-state index in [0.717, 1.165) is 0 Å². The average molecular weight is 200 g/mol. The summed E-state index contributed by atoms with van der Waals surface area (Å²) in [6.07, 6.45) is 2.16. The molecule has 0 amide bonds. The van der Waals surface area contributed by atoms with Crippen LogP contribution in [-0.2, 0) is 0 Å². The summed E-state index contributed by atoms with van der Waals surface area (Å²) in [5.74, 6) is 0.477. The van der Waals surface area contributed by atoms with Crippen molar-refractivity contribution in [1.29, 1.82) is 0 Å². The Bertz CT molecular complexity index is 312. The molecule has 0 bridgehead atoms. The smallest absolute Gasteiger partial charge is 0.156 e. The summed E-state index contributed by atoms with van der Waals surface area (Å²) in [6, 6.07) is 1.62. The van der Waals surface area contributed by atoms with Crippen LogP contribution < -0.4 is 4.74 Å². The van der Waals surface area contributed by atoms with E-state index in [-0.39, 0.29) is 11.3 Å². The monoisotopic (exact) mass is 199 g/mol. The van der Waals surface area contributed by atoms with Crippen LogP contribution in [0, 0.1) is 0 Å². The lowest BCUT2D eigenvalue weighted by atomic mass is 10.3. The maximum absolute atomic E-state index is 10.6. The zero-order chi connectivity index (χ0) is 9.84. The Hall–Kier alpha value is -1.09. The first kappa shape index (κ1) is 9.99. The Kier molecular flexibility index (Phi) is 3.25. The highest BCUT2D eigenvalue weighted by Gasteiger charge is 2.09. The number of hydrogen-bond donors (Lipinski definition) is 0. The summed E-state index contributed by atoms with van der Waals surface area (Å²) < 4.78 is 5.36. The number of pyridine rings is 1. The van der Waals surface area contributed by atoms with E-state index >= 15 is 0 Å². The van der Waals surface area contributed by atoms with E-state index in [1.54, 1.807) is 6.07 Å². The fraction of sp³-hybridized carbons (Fsp3) is 0.333. The van der Waals surface area contributed by atoms with Gasteiger partial charge >= 0.3 is 0 Å². The zero-order valence-corrected chi connectivity index (χ0v) is 8.21. The van der Waals surface area contributed by atoms with Gasteiger partial charge in [-0.25, -0.2) is 4.98 Å². The molecule has 0 aromatic carbocycles. The third-order valence-electron chi connectivity index (χ3n) is 1.38. The van der Waals surface area contributed by atoms with Gasteiger partial charge in [0.05, 0.1) is 11.7 Å². The molecule has 0 aliphatic rings. The average Bonchev–Trinajstić information content (AvgIpc) is 2.03. The van der Waals surface area contributed by atoms with Crippen molar-refractivity contribution in [3.63, 3.8) is 0 Å². The molecule has 0 N–H and O–H groups in total. The zero-order valence-electron chi connectivity index (χ0n) is 7.45. The highest BCUT2D eigenvalue weighted by atomic mass is 35.5. The number of halogens is 1. The Morgan fingerprint density at radius 3 is 2.85 bits per heavy atom. The predicted octanol–water partition coefficient (Wildman–Crippen LogP) is 2.33. The van der Waals surface area contributed by atoms with E-state index in [1.165, 1.54) is 6.20 Å². The van der Waals surface area contributed by atoms with E-state index in [4.69, 9.17) is 16.3 Å². The minimum Gasteiger partial charge on any atom is -0.490 e. The molecule has 3 nitrogen and oxygen atoms in total. The van der Waals surface area contributed by atoms with Crippen molar-refractivity contribution < 1.29 is 9.53 Å². The van der Waals surface area contributed by atoms with Gasteiger partial charge in [0.15, 0.2) is 6.29 Å². The lowest BCUT2D eigenvalue weighted by molar-refractivity contribution is 0.111. The molecule has 0 radical (unpaired) electrons. The quantitative estimate of drug-likeness (QED) is 0.554. The first-order chi connectivity index (χ1) is 6.15. The summed E-state index contributed by atoms with van der Waals surface area (Å²) in [5, 5.41) is 0.174. The molecule has 0 aliphatic heterocycles. The first-order valence-electron chi connectivity index (χ1n) is 3.91. The molecule has 4 heteroatoms. The molecular weight excluding hydrogens is 190 g/mol. The fourth-order valence-electron chi connectivity index (χ4n) is 0.895. The van der Waals surface area contributed by atoms with Gasteiger partial charge in [0.1, 0.15) is 10.9 Å². The molecule has 70 valence electrons. The highest BCUT2D eigenvalue weighted by Crippen LogP contribution is 2.22. The molecule has 1 heterocycles. The SMILES string of the molecule is CC(C)Oc1ccnc(Cl)c1C=O. The predicted molar refractivity (Wildman–Crippen MR) is 50.4 cm³/mol. The molecule has 13 heavy (non-hydrogen) atoms. The number of hydrogen-bond acceptors (Lipinski definition) is 3. The van der Waals surface area contributed by atoms with Crippen LogP contribution in [0.1, 0.15) is 24.2 Å². The van der Waals surface area contributed by atoms with Gasteiger partial charge in [0.2, 0.25) is 0 Å². The van der Waals surface area contributed by atoms with Gasteiger partial charge in [-0.3, -0.25) is 4.79 Å². The second-order valence-corrected chi connectivity index (χ2v) is 3.16. The van der Waals surface area contributed by atoms with Crippen LogP contribution in [0.25, 0.3) is 0 Å². The van der Waals surface area contributed by atoms with Crippen LogP contribution in [0.2, 0.25) is 5.15 Å². The Morgan fingerprint density at radius 1 is 1.62 bits per heavy atom. The van der Waals surface area contributed by atoms with E-state index in [9.17, 15) is 4.79 Å². The number of rotatable bonds is 3. The molecule has 0 saturated carbocycles. The number of nitrogens with zero attached hydrogens (tertiary/aromatic N) is 1. The van der Waals surface area contributed by atoms with E-state index < -0.39 is 0 Å². The van der Waals surface area contributed by atoms with E-state index in [2.05, 4.69) is 4.98 Å². The molecular formula is C9H10ClNO2. The van der Waals surface area contributed by atoms with Crippen LogP contribution in [0.5, 0.6) is 5.75 Å². The summed E-state index contributed by atoms with van der Waals surface area (Å²) >= 11 is 5.69. The standard InChI is InChI=1S/C9H10ClNO2/c1-6(2)13-8-3-4-11-9(10)7(8)5-12/h3-6H,1-2H3. The summed E-state index contributed by atoms with van der Waals surface area (Å²) in [4.78, 5) is 14.4. The third-order valence-corrected chi connectivity index (χ3v) is 1.68. The van der Waals surface area contributed by atoms with Crippen LogP contribution in [-0.4, -0.2) is 17.4 Å². The van der Waals surface area contributed by atoms with Gasteiger partial charge in [0.25, 0.3) is 0 Å². The van der Waals surface area contributed by atoms with Crippen LogP contribution in [0.15, 0.2) is 12.3 Å². The molecule has 0 saturated heterocycles. The Labute approximate surface area is 81.7 Å². The number of carbonyl (C=O) groups excluding carboxylic acids is 1. The van der Waals surface area contributed by atoms with Gasteiger partial charge in [-0.15, -0.1) is 0 Å². The largest absolute Gasteiger partial charge is 0.490 e. The molecule has 1 aromatic rings. The van der Waals surface area contributed by atoms with Crippen LogP contribution >= 0.6 is 11.6 Å². The van der Waals surface area contributed by atoms with Gasteiger partial charge in [-0.1, -0.05) is 11.6 Å². The number of carbonyl (C=O) groups is 1. The number of aldehydes is 1. The normalized spacial score (nSPS) is 10.2. The lowest BCUT2D eigenvalue weighted by Crippen LogP contribution is -2.07. The second kappa shape index (κ2) is 4.23. The van der Waals surface area contributed by atoms with Crippen molar-refractivity contribution in [2.45, 2.75) is 20.0 Å². The third kappa shape index (κ3) is 2.42. The maximum atomic E-state index is 10.6. The van der Waals surface area contributed by atoms with E-state index in [0.29, 0.717) is 17.6 Å². The Morgan fingerprint density at radius 2 is 2.31 bits per heavy atom. The van der Waals surface area contributed by atoms with Gasteiger partial charge in [-0.05, 0) is 19.9 Å². The minimum atomic E-state index is 0.0113. The van der Waals surface area contributed by atoms with Gasteiger partial charge < -0.3 is 4.74 Å². The van der Waals surface area contributed by atoms with Crippen molar-refractivity contribution in [1.82, 2.24) is 4.98 Å². The first-order valence-corrected chi connectivity index (χ1v) is 4.29. The van der Waals surface area contributed by atoms with Crippen molar-refractivity contribution in [2.24, 2.45) is 0 Å². The topological polar surface area (TPSA) is 39.2 Å². The molecule has 1 aromatic heterocycles. The Balaban J connectivity index is 3.05. The van der Waals surface area contributed by atoms with Crippen LogP contribution in [0.3, 0.4) is 0 Å². The highest BCUT2D eigenvalue weighted by molar-refractivity contribution is 6.32. The van der Waals surface area contributed by atoms with Crippen molar-refractivity contribution >= 4 is 17.9 Å². The minimum absolute atomic E-state index is 0.0113. The van der Waals surface area contributed by atoms with Gasteiger partial charge in [-0.2, -0.15) is 0 Å². The second-order valence-electron chi connectivity index (χ2n) is 2.80. The van der Waals surface area contributed by atoms with Crippen LogP contribution in [0.4, 0.5) is 0 Å². The summed E-state index contributed by atoms with van der Waals surface area (Å²) in [5.41, 5.74) is 0.304. The summed E-state index contributed by atoms with van der Waals surface area (Å²) in [6.45, 7) is 3.76. The maximum Gasteiger partial charge on any atom is 0.156 e. The van der Waals surface area contributed by atoms with Crippen molar-refractivity contribution in [3.05, 3.63) is 23.0 Å². The van der Waals surface area contributed by atoms with Gasteiger partial charge in [0, 0.05) is 6.20 Å². The fourth-order valence-corrected chi connectivity index (χ4v) is 1.09. The molecule has 1 rings (SSSR count). The van der Waals surface area contributed by atoms with Crippen molar-refractivity contribution in [3.8, 4) is 5.75 Å². The molecule has 0 unspecified atom stereocenters. The summed E-state index contributed by atoms with van der Waals surface area (Å²) in [7, 11) is 0. The molecule has 0 aliphatic carbocycles. The number of aromatic nitrogens is 1. The van der Waals surface area contributed by atoms with E-state index in [1.807, 2.05) is 13.8 Å². The molecule has 0 fully saturated rings. The molecule has 0 atom stereocenters. The van der Waals surface area contributed by atoms with Crippen molar-refractivity contribution in [2.75, 3.05) is 0 Å². The lowest BCUT2D eigenvalue weighted by Gasteiger charge is -2.11. The number of ether oxygens (including phenoxy) is 1.